The van der Waals surface area contributed by atoms with Crippen LogP contribution in [-0.2, 0) is 11.3 Å². The van der Waals surface area contributed by atoms with Crippen LogP contribution in [-0.4, -0.2) is 23.5 Å². The van der Waals surface area contributed by atoms with E-state index in [1.807, 2.05) is 12.1 Å². The molecule has 1 saturated carbocycles. The predicted octanol–water partition coefficient (Wildman–Crippen LogP) is 0.588. The summed E-state index contributed by atoms with van der Waals surface area (Å²) in [5.41, 5.74) is 6.01. The lowest BCUT2D eigenvalue weighted by molar-refractivity contribution is -0.118. The third-order valence-corrected chi connectivity index (χ3v) is 2.56. The van der Waals surface area contributed by atoms with Crippen LogP contribution in [0.2, 0.25) is 0 Å². The second-order valence-electron chi connectivity index (χ2n) is 4.21. The summed E-state index contributed by atoms with van der Waals surface area (Å²) in [6.07, 6.45) is 4.44. The summed E-state index contributed by atoms with van der Waals surface area (Å²) in [4.78, 5) is 14.8. The zero-order chi connectivity index (χ0) is 12.1. The maximum atomic E-state index is 10.5. The summed E-state index contributed by atoms with van der Waals surface area (Å²) < 4.78 is 5.33. The van der Waals surface area contributed by atoms with Crippen LogP contribution in [0.25, 0.3) is 0 Å². The highest BCUT2D eigenvalue weighted by Crippen LogP contribution is 2.19. The van der Waals surface area contributed by atoms with E-state index in [1.54, 1.807) is 6.20 Å². The molecule has 5 heteroatoms. The van der Waals surface area contributed by atoms with E-state index in [0.29, 0.717) is 18.4 Å². The number of hydrogen-bond donors (Lipinski definition) is 2. The van der Waals surface area contributed by atoms with Gasteiger partial charge in [0, 0.05) is 12.6 Å². The molecule has 1 fully saturated rings. The highest BCUT2D eigenvalue weighted by Gasteiger charge is 2.19. The first kappa shape index (κ1) is 11.9. The lowest BCUT2D eigenvalue weighted by atomic mass is 10.3. The smallest absolute Gasteiger partial charge is 0.220 e. The third-order valence-electron chi connectivity index (χ3n) is 2.56. The van der Waals surface area contributed by atoms with Crippen molar-refractivity contribution in [2.75, 3.05) is 6.61 Å². The van der Waals surface area contributed by atoms with Crippen molar-refractivity contribution in [2.24, 2.45) is 5.73 Å². The minimum atomic E-state index is -0.358. The molecule has 0 bridgehead atoms. The topological polar surface area (TPSA) is 77.2 Å². The van der Waals surface area contributed by atoms with Gasteiger partial charge in [0.2, 0.25) is 5.91 Å². The molecular weight excluding hydrogens is 218 g/mol. The number of carbonyl (C=O) groups excluding carboxylic acids is 1. The Kier molecular flexibility index (Phi) is 3.93. The van der Waals surface area contributed by atoms with E-state index in [4.69, 9.17) is 10.5 Å². The average Bonchev–Trinajstić information content (AvgIpc) is 3.11. The van der Waals surface area contributed by atoms with E-state index in [9.17, 15) is 4.79 Å². The Morgan fingerprint density at radius 3 is 2.94 bits per heavy atom. The number of nitrogens with zero attached hydrogens (tertiary/aromatic N) is 1. The standard InChI is InChI=1S/C12H17N3O2/c13-12(16)5-6-17-11-4-3-10(15-8-11)7-14-9-1-2-9/h3-4,8-9,14H,1-2,5-7H2,(H2,13,16). The van der Waals surface area contributed by atoms with Gasteiger partial charge < -0.3 is 15.8 Å². The molecular formula is C12H17N3O2. The Hall–Kier alpha value is -1.62. The number of nitrogens with two attached hydrogens (primary N) is 1. The summed E-state index contributed by atoms with van der Waals surface area (Å²) >= 11 is 0. The van der Waals surface area contributed by atoms with Crippen LogP contribution in [0.5, 0.6) is 5.75 Å². The molecule has 1 aromatic heterocycles. The maximum absolute atomic E-state index is 10.5. The normalized spacial score (nSPS) is 14.6. The molecule has 17 heavy (non-hydrogen) atoms. The number of nitrogens with one attached hydrogen (secondary N) is 1. The molecule has 1 aliphatic carbocycles. The molecule has 5 nitrogen and oxygen atoms in total. The van der Waals surface area contributed by atoms with Crippen molar-refractivity contribution in [3.8, 4) is 5.75 Å². The lowest BCUT2D eigenvalue weighted by Crippen LogP contribution is -2.16. The van der Waals surface area contributed by atoms with Gasteiger partial charge in [-0.2, -0.15) is 0 Å². The molecule has 1 aromatic rings. The van der Waals surface area contributed by atoms with Gasteiger partial charge in [-0.05, 0) is 25.0 Å². The van der Waals surface area contributed by atoms with E-state index < -0.39 is 0 Å². The number of aromatic nitrogens is 1. The largest absolute Gasteiger partial charge is 0.491 e. The fraction of sp³-hybridized carbons (Fsp3) is 0.500. The summed E-state index contributed by atoms with van der Waals surface area (Å²) in [5.74, 6) is 0.310. The van der Waals surface area contributed by atoms with Crippen LogP contribution in [0.4, 0.5) is 0 Å². The van der Waals surface area contributed by atoms with E-state index in [-0.39, 0.29) is 12.3 Å². The van der Waals surface area contributed by atoms with E-state index in [2.05, 4.69) is 10.3 Å². The third kappa shape index (κ3) is 4.40. The van der Waals surface area contributed by atoms with Gasteiger partial charge in [0.05, 0.1) is 24.9 Å². The number of carbonyl (C=O) groups is 1. The average molecular weight is 235 g/mol. The molecule has 2 rings (SSSR count). The molecule has 1 aliphatic rings. The highest BCUT2D eigenvalue weighted by atomic mass is 16.5. The van der Waals surface area contributed by atoms with Crippen molar-refractivity contribution in [1.29, 1.82) is 0 Å². The second-order valence-corrected chi connectivity index (χ2v) is 4.21. The number of rotatable bonds is 7. The number of ether oxygens (including phenoxy) is 1. The van der Waals surface area contributed by atoms with Crippen LogP contribution in [0.1, 0.15) is 25.0 Å². The predicted molar refractivity (Wildman–Crippen MR) is 63.4 cm³/mol. The van der Waals surface area contributed by atoms with Crippen molar-refractivity contribution in [1.82, 2.24) is 10.3 Å². The molecule has 3 N–H and O–H groups in total. The zero-order valence-electron chi connectivity index (χ0n) is 9.69. The molecule has 1 amide bonds. The summed E-state index contributed by atoms with van der Waals surface area (Å²) in [7, 11) is 0. The Morgan fingerprint density at radius 1 is 1.53 bits per heavy atom. The minimum Gasteiger partial charge on any atom is -0.491 e. The summed E-state index contributed by atoms with van der Waals surface area (Å²) in [5, 5.41) is 3.39. The second kappa shape index (κ2) is 5.63. The first-order valence-corrected chi connectivity index (χ1v) is 5.83. The van der Waals surface area contributed by atoms with E-state index >= 15 is 0 Å². The Morgan fingerprint density at radius 2 is 2.35 bits per heavy atom. The monoisotopic (exact) mass is 235 g/mol. The zero-order valence-corrected chi connectivity index (χ0v) is 9.69. The number of pyridine rings is 1. The van der Waals surface area contributed by atoms with Crippen molar-refractivity contribution >= 4 is 5.91 Å². The van der Waals surface area contributed by atoms with Crippen molar-refractivity contribution in [3.63, 3.8) is 0 Å². The number of primary amides is 1. The van der Waals surface area contributed by atoms with Crippen molar-refractivity contribution in [3.05, 3.63) is 24.0 Å². The van der Waals surface area contributed by atoms with Crippen LogP contribution < -0.4 is 15.8 Å². The Labute approximate surface area is 100 Å². The van der Waals surface area contributed by atoms with Crippen LogP contribution in [0.15, 0.2) is 18.3 Å². The fourth-order valence-corrected chi connectivity index (χ4v) is 1.41. The van der Waals surface area contributed by atoms with E-state index in [0.717, 1.165) is 12.2 Å². The molecule has 0 saturated heterocycles. The SMILES string of the molecule is NC(=O)CCOc1ccc(CNC2CC2)nc1. The quantitative estimate of drug-likeness (QED) is 0.725. The van der Waals surface area contributed by atoms with Gasteiger partial charge in [-0.3, -0.25) is 9.78 Å². The van der Waals surface area contributed by atoms with Gasteiger partial charge in [-0.25, -0.2) is 0 Å². The van der Waals surface area contributed by atoms with Gasteiger partial charge in [0.15, 0.2) is 0 Å². The van der Waals surface area contributed by atoms with E-state index in [1.165, 1.54) is 12.8 Å². The van der Waals surface area contributed by atoms with Gasteiger partial charge in [0.1, 0.15) is 5.75 Å². The van der Waals surface area contributed by atoms with Gasteiger partial charge >= 0.3 is 0 Å². The fourth-order valence-electron chi connectivity index (χ4n) is 1.41. The first-order valence-electron chi connectivity index (χ1n) is 5.83. The van der Waals surface area contributed by atoms with Crippen molar-refractivity contribution in [2.45, 2.75) is 31.8 Å². The summed E-state index contributed by atoms with van der Waals surface area (Å²) in [6, 6.07) is 4.47. The maximum Gasteiger partial charge on any atom is 0.220 e. The Bertz CT molecular complexity index is 374. The molecule has 0 unspecified atom stereocenters. The molecule has 0 atom stereocenters. The molecule has 0 spiro atoms. The molecule has 0 aliphatic heterocycles. The molecule has 0 aromatic carbocycles. The van der Waals surface area contributed by atoms with Crippen molar-refractivity contribution < 1.29 is 9.53 Å². The van der Waals surface area contributed by atoms with Crippen LogP contribution in [0.3, 0.4) is 0 Å². The summed E-state index contributed by atoms with van der Waals surface area (Å²) in [6.45, 7) is 1.10. The molecule has 1 heterocycles. The number of hydrogen-bond acceptors (Lipinski definition) is 4. The van der Waals surface area contributed by atoms with Crippen LogP contribution >= 0.6 is 0 Å². The highest BCUT2D eigenvalue weighted by molar-refractivity contribution is 5.73. The molecule has 92 valence electrons. The first-order chi connectivity index (χ1) is 8.24. The van der Waals surface area contributed by atoms with Crippen LogP contribution in [0, 0.1) is 0 Å². The van der Waals surface area contributed by atoms with Gasteiger partial charge in [0.25, 0.3) is 0 Å². The van der Waals surface area contributed by atoms with Gasteiger partial charge in [-0.1, -0.05) is 0 Å². The lowest BCUT2D eigenvalue weighted by Gasteiger charge is -2.06. The Balaban J connectivity index is 1.73. The van der Waals surface area contributed by atoms with Gasteiger partial charge in [-0.15, -0.1) is 0 Å². The minimum absolute atomic E-state index is 0.227. The molecule has 0 radical (unpaired) electrons. The number of amides is 1.